The summed E-state index contributed by atoms with van der Waals surface area (Å²) in [5.74, 6) is -4.25. The normalized spacial score (nSPS) is 18.6. The maximum Gasteiger partial charge on any atom is 0.194 e. The number of halogens is 3. The SMILES string of the molecule is OC(CC1OCCO1)c1ccc(F)c(F)c1F. The van der Waals surface area contributed by atoms with E-state index in [1.54, 1.807) is 0 Å². The monoisotopic (exact) mass is 248 g/mol. The van der Waals surface area contributed by atoms with Crippen LogP contribution in [0.3, 0.4) is 0 Å². The summed E-state index contributed by atoms with van der Waals surface area (Å²) in [5.41, 5.74) is -0.303. The molecule has 1 aliphatic rings. The van der Waals surface area contributed by atoms with Gasteiger partial charge in [-0.2, -0.15) is 0 Å². The summed E-state index contributed by atoms with van der Waals surface area (Å²) < 4.78 is 49.1. The molecule has 1 atom stereocenters. The third-order valence-corrected chi connectivity index (χ3v) is 2.53. The molecule has 3 nitrogen and oxygen atoms in total. The van der Waals surface area contributed by atoms with Gasteiger partial charge in [0, 0.05) is 12.0 Å². The Kier molecular flexibility index (Phi) is 3.66. The number of hydrogen-bond donors (Lipinski definition) is 1. The first-order valence-corrected chi connectivity index (χ1v) is 5.14. The second-order valence-corrected chi connectivity index (χ2v) is 3.69. The van der Waals surface area contributed by atoms with Crippen LogP contribution in [0.25, 0.3) is 0 Å². The van der Waals surface area contributed by atoms with Crippen molar-refractivity contribution in [2.45, 2.75) is 18.8 Å². The Hall–Kier alpha value is -1.11. The summed E-state index contributed by atoms with van der Waals surface area (Å²) in [6.45, 7) is 0.801. The minimum Gasteiger partial charge on any atom is -0.388 e. The maximum atomic E-state index is 13.3. The molecule has 0 aromatic heterocycles. The van der Waals surface area contributed by atoms with Crippen LogP contribution in [0.15, 0.2) is 12.1 Å². The Morgan fingerprint density at radius 2 is 1.82 bits per heavy atom. The first-order valence-electron chi connectivity index (χ1n) is 5.14. The van der Waals surface area contributed by atoms with Gasteiger partial charge in [0.15, 0.2) is 23.7 Å². The molecule has 1 heterocycles. The molecule has 0 spiro atoms. The lowest BCUT2D eigenvalue weighted by Crippen LogP contribution is -2.14. The average molecular weight is 248 g/mol. The fraction of sp³-hybridized carbons (Fsp3) is 0.455. The lowest BCUT2D eigenvalue weighted by molar-refractivity contribution is -0.0712. The van der Waals surface area contributed by atoms with Crippen LogP contribution in [-0.4, -0.2) is 24.6 Å². The van der Waals surface area contributed by atoms with E-state index < -0.39 is 29.8 Å². The second-order valence-electron chi connectivity index (χ2n) is 3.69. The van der Waals surface area contributed by atoms with Gasteiger partial charge in [0.1, 0.15) is 0 Å². The number of aliphatic hydroxyl groups is 1. The van der Waals surface area contributed by atoms with Gasteiger partial charge in [-0.25, -0.2) is 13.2 Å². The lowest BCUT2D eigenvalue weighted by atomic mass is 10.1. The summed E-state index contributed by atoms with van der Waals surface area (Å²) in [4.78, 5) is 0. The third kappa shape index (κ3) is 2.59. The van der Waals surface area contributed by atoms with E-state index in [9.17, 15) is 18.3 Å². The molecule has 1 fully saturated rings. The van der Waals surface area contributed by atoms with Gasteiger partial charge in [0.05, 0.1) is 19.3 Å². The van der Waals surface area contributed by atoms with E-state index in [1.165, 1.54) is 0 Å². The molecule has 0 amide bonds. The number of hydrogen-bond acceptors (Lipinski definition) is 3. The summed E-state index contributed by atoms with van der Waals surface area (Å²) in [7, 11) is 0. The molecule has 1 aromatic carbocycles. The molecule has 1 aromatic rings. The van der Waals surface area contributed by atoms with Gasteiger partial charge in [-0.05, 0) is 6.07 Å². The topological polar surface area (TPSA) is 38.7 Å². The lowest BCUT2D eigenvalue weighted by Gasteiger charge is -2.15. The highest BCUT2D eigenvalue weighted by molar-refractivity contribution is 5.22. The van der Waals surface area contributed by atoms with Gasteiger partial charge in [-0.1, -0.05) is 6.07 Å². The van der Waals surface area contributed by atoms with E-state index in [0.29, 0.717) is 13.2 Å². The fourth-order valence-electron chi connectivity index (χ4n) is 1.65. The Morgan fingerprint density at radius 3 is 2.47 bits per heavy atom. The Morgan fingerprint density at radius 1 is 1.18 bits per heavy atom. The van der Waals surface area contributed by atoms with Crippen LogP contribution in [0.1, 0.15) is 18.1 Å². The van der Waals surface area contributed by atoms with Crippen LogP contribution in [0, 0.1) is 17.5 Å². The molecule has 17 heavy (non-hydrogen) atoms. The van der Waals surface area contributed by atoms with Gasteiger partial charge < -0.3 is 14.6 Å². The van der Waals surface area contributed by atoms with Crippen LogP contribution in [0.2, 0.25) is 0 Å². The molecule has 0 aliphatic carbocycles. The van der Waals surface area contributed by atoms with Crippen LogP contribution >= 0.6 is 0 Å². The smallest absolute Gasteiger partial charge is 0.194 e. The summed E-state index contributed by atoms with van der Waals surface area (Å²) >= 11 is 0. The van der Waals surface area contributed by atoms with Gasteiger partial charge in [0.25, 0.3) is 0 Å². The molecule has 1 aliphatic heterocycles. The molecule has 2 rings (SSSR count). The van der Waals surface area contributed by atoms with Crippen molar-refractivity contribution in [2.75, 3.05) is 13.2 Å². The molecule has 0 radical (unpaired) electrons. The van der Waals surface area contributed by atoms with Crippen LogP contribution in [0.4, 0.5) is 13.2 Å². The van der Waals surface area contributed by atoms with Crippen molar-refractivity contribution in [3.8, 4) is 0 Å². The highest BCUT2D eigenvalue weighted by Crippen LogP contribution is 2.26. The summed E-state index contributed by atoms with van der Waals surface area (Å²) in [5, 5.41) is 9.69. The summed E-state index contributed by atoms with van der Waals surface area (Å²) in [6.07, 6.45) is -1.96. The fourth-order valence-corrected chi connectivity index (χ4v) is 1.65. The van der Waals surface area contributed by atoms with Crippen LogP contribution in [-0.2, 0) is 9.47 Å². The van der Waals surface area contributed by atoms with Crippen LogP contribution < -0.4 is 0 Å². The Bertz CT molecular complexity index is 405. The number of rotatable bonds is 3. The minimum atomic E-state index is -1.59. The van der Waals surface area contributed by atoms with E-state index in [0.717, 1.165) is 12.1 Å². The molecule has 0 bridgehead atoms. The number of aliphatic hydroxyl groups excluding tert-OH is 1. The van der Waals surface area contributed by atoms with E-state index >= 15 is 0 Å². The van der Waals surface area contributed by atoms with Crippen molar-refractivity contribution < 1.29 is 27.8 Å². The van der Waals surface area contributed by atoms with Crippen molar-refractivity contribution >= 4 is 0 Å². The Balaban J connectivity index is 2.13. The predicted molar refractivity (Wildman–Crippen MR) is 51.6 cm³/mol. The van der Waals surface area contributed by atoms with Crippen molar-refractivity contribution in [2.24, 2.45) is 0 Å². The first-order chi connectivity index (χ1) is 8.09. The zero-order valence-electron chi connectivity index (χ0n) is 8.83. The molecule has 94 valence electrons. The van der Waals surface area contributed by atoms with Crippen molar-refractivity contribution in [1.82, 2.24) is 0 Å². The zero-order chi connectivity index (χ0) is 12.4. The Labute approximate surface area is 95.8 Å². The highest BCUT2D eigenvalue weighted by Gasteiger charge is 2.25. The quantitative estimate of drug-likeness (QED) is 0.830. The minimum absolute atomic E-state index is 0.0258. The standard InChI is InChI=1S/C11H11F3O3/c12-7-2-1-6(10(13)11(7)14)8(15)5-9-16-3-4-17-9/h1-2,8-9,15H,3-5H2. The molecule has 1 saturated heterocycles. The maximum absolute atomic E-state index is 13.3. The molecular formula is C11H11F3O3. The molecule has 0 saturated carbocycles. The summed E-state index contributed by atoms with van der Waals surface area (Å²) in [6, 6.07) is 1.78. The molecule has 6 heteroatoms. The van der Waals surface area contributed by atoms with Crippen molar-refractivity contribution in [1.29, 1.82) is 0 Å². The molecule has 1 N–H and O–H groups in total. The second kappa shape index (κ2) is 5.03. The van der Waals surface area contributed by atoms with E-state index in [-0.39, 0.29) is 12.0 Å². The van der Waals surface area contributed by atoms with E-state index in [2.05, 4.69) is 0 Å². The molecular weight excluding hydrogens is 237 g/mol. The number of benzene rings is 1. The zero-order valence-corrected chi connectivity index (χ0v) is 8.83. The number of ether oxygens (including phenoxy) is 2. The predicted octanol–water partition coefficient (Wildman–Crippen LogP) is 1.90. The molecule has 1 unspecified atom stereocenters. The van der Waals surface area contributed by atoms with Gasteiger partial charge in [0.2, 0.25) is 0 Å². The van der Waals surface area contributed by atoms with Gasteiger partial charge >= 0.3 is 0 Å². The third-order valence-electron chi connectivity index (χ3n) is 2.53. The van der Waals surface area contributed by atoms with Crippen molar-refractivity contribution in [3.05, 3.63) is 35.1 Å². The largest absolute Gasteiger partial charge is 0.388 e. The van der Waals surface area contributed by atoms with Crippen LogP contribution in [0.5, 0.6) is 0 Å². The average Bonchev–Trinajstić information content (AvgIpc) is 2.78. The van der Waals surface area contributed by atoms with Crippen molar-refractivity contribution in [3.63, 3.8) is 0 Å². The first kappa shape index (κ1) is 12.3. The van der Waals surface area contributed by atoms with Gasteiger partial charge in [-0.3, -0.25) is 0 Å². The highest BCUT2D eigenvalue weighted by atomic mass is 19.2. The van der Waals surface area contributed by atoms with E-state index in [1.807, 2.05) is 0 Å². The van der Waals surface area contributed by atoms with Gasteiger partial charge in [-0.15, -0.1) is 0 Å². The van der Waals surface area contributed by atoms with E-state index in [4.69, 9.17) is 9.47 Å².